The minimum atomic E-state index is -3.78. The van der Waals surface area contributed by atoms with Crippen LogP contribution in [0.4, 0.5) is 11.4 Å². The predicted molar refractivity (Wildman–Crippen MR) is 107 cm³/mol. The van der Waals surface area contributed by atoms with Gasteiger partial charge in [-0.05, 0) is 54.6 Å². The summed E-state index contributed by atoms with van der Waals surface area (Å²) < 4.78 is 28.2. The summed E-state index contributed by atoms with van der Waals surface area (Å²) in [6.45, 7) is 0. The van der Waals surface area contributed by atoms with E-state index in [1.165, 1.54) is 24.3 Å². The highest BCUT2D eigenvalue weighted by molar-refractivity contribution is 9.10. The number of amides is 1. The van der Waals surface area contributed by atoms with Crippen molar-refractivity contribution >= 4 is 43.2 Å². The largest absolute Gasteiger partial charge is 0.506 e. The molecule has 0 spiro atoms. The van der Waals surface area contributed by atoms with Gasteiger partial charge in [-0.2, -0.15) is 0 Å². The maximum absolute atomic E-state index is 12.5. The van der Waals surface area contributed by atoms with Gasteiger partial charge in [-0.3, -0.25) is 9.52 Å². The van der Waals surface area contributed by atoms with Crippen LogP contribution in [0.5, 0.6) is 5.75 Å². The average Bonchev–Trinajstić information content (AvgIpc) is 2.64. The number of hydrogen-bond acceptors (Lipinski definition) is 4. The zero-order valence-corrected chi connectivity index (χ0v) is 16.3. The van der Waals surface area contributed by atoms with Gasteiger partial charge in [-0.15, -0.1) is 0 Å². The number of rotatable bonds is 5. The van der Waals surface area contributed by atoms with Gasteiger partial charge in [0.2, 0.25) is 0 Å². The van der Waals surface area contributed by atoms with Crippen LogP contribution in [0.3, 0.4) is 0 Å². The molecule has 1 amide bonds. The van der Waals surface area contributed by atoms with Crippen molar-refractivity contribution in [1.29, 1.82) is 0 Å². The topological polar surface area (TPSA) is 95.5 Å². The Morgan fingerprint density at radius 1 is 0.926 bits per heavy atom. The number of halogens is 1. The van der Waals surface area contributed by atoms with E-state index in [1.807, 2.05) is 0 Å². The Morgan fingerprint density at radius 3 is 2.33 bits per heavy atom. The number of nitrogens with one attached hydrogen (secondary N) is 2. The van der Waals surface area contributed by atoms with E-state index in [1.54, 1.807) is 48.5 Å². The molecule has 0 aliphatic rings. The molecular weight excluding hydrogens is 432 g/mol. The number of benzene rings is 3. The Bertz CT molecular complexity index is 1080. The Kier molecular flexibility index (Phi) is 5.48. The van der Waals surface area contributed by atoms with Gasteiger partial charge in [0, 0.05) is 15.7 Å². The molecule has 0 aromatic heterocycles. The summed E-state index contributed by atoms with van der Waals surface area (Å²) in [7, 11) is -3.78. The van der Waals surface area contributed by atoms with Crippen molar-refractivity contribution in [3.05, 3.63) is 82.8 Å². The van der Waals surface area contributed by atoms with Gasteiger partial charge in [-0.1, -0.05) is 34.1 Å². The zero-order chi connectivity index (χ0) is 19.4. The minimum Gasteiger partial charge on any atom is -0.506 e. The highest BCUT2D eigenvalue weighted by atomic mass is 79.9. The fourth-order valence-corrected chi connectivity index (χ4v) is 3.64. The van der Waals surface area contributed by atoms with Gasteiger partial charge in [-0.25, -0.2) is 8.42 Å². The second-order valence-corrected chi connectivity index (χ2v) is 8.21. The summed E-state index contributed by atoms with van der Waals surface area (Å²) in [6, 6.07) is 18.6. The van der Waals surface area contributed by atoms with Gasteiger partial charge in [0.25, 0.3) is 15.9 Å². The first-order valence-corrected chi connectivity index (χ1v) is 10.1. The Balaban J connectivity index is 1.80. The summed E-state index contributed by atoms with van der Waals surface area (Å²) in [6.07, 6.45) is 0. The average molecular weight is 447 g/mol. The third kappa shape index (κ3) is 4.66. The molecule has 0 aliphatic carbocycles. The number of anilines is 2. The van der Waals surface area contributed by atoms with E-state index in [0.29, 0.717) is 0 Å². The van der Waals surface area contributed by atoms with E-state index in [-0.39, 0.29) is 27.6 Å². The quantitative estimate of drug-likeness (QED) is 0.511. The molecule has 6 nitrogen and oxygen atoms in total. The van der Waals surface area contributed by atoms with E-state index in [9.17, 15) is 18.3 Å². The molecule has 0 bridgehead atoms. The van der Waals surface area contributed by atoms with E-state index in [2.05, 4.69) is 26.0 Å². The molecule has 0 fully saturated rings. The Morgan fingerprint density at radius 2 is 1.63 bits per heavy atom. The Labute approximate surface area is 165 Å². The number of para-hydroxylation sites is 2. The molecule has 3 rings (SSSR count). The van der Waals surface area contributed by atoms with Crippen LogP contribution in [0.1, 0.15) is 10.4 Å². The number of hydrogen-bond donors (Lipinski definition) is 3. The lowest BCUT2D eigenvalue weighted by Crippen LogP contribution is -2.15. The molecule has 0 aliphatic heterocycles. The maximum atomic E-state index is 12.5. The second-order valence-electron chi connectivity index (χ2n) is 5.61. The van der Waals surface area contributed by atoms with Crippen molar-refractivity contribution < 1.29 is 18.3 Å². The zero-order valence-electron chi connectivity index (χ0n) is 13.9. The van der Waals surface area contributed by atoms with Crippen LogP contribution in [0.2, 0.25) is 0 Å². The normalized spacial score (nSPS) is 11.0. The van der Waals surface area contributed by atoms with E-state index in [4.69, 9.17) is 0 Å². The van der Waals surface area contributed by atoms with Gasteiger partial charge in [0.05, 0.1) is 10.6 Å². The van der Waals surface area contributed by atoms with Gasteiger partial charge in [0.1, 0.15) is 5.75 Å². The second kappa shape index (κ2) is 7.81. The summed E-state index contributed by atoms with van der Waals surface area (Å²) in [5.41, 5.74) is 0.764. The Hall–Kier alpha value is -2.84. The van der Waals surface area contributed by atoms with E-state index < -0.39 is 15.9 Å². The SMILES string of the molecule is O=C(Nc1ccccc1O)c1cccc(NS(=O)(=O)c2ccc(Br)cc2)c1. The third-order valence-electron chi connectivity index (χ3n) is 3.65. The number of sulfonamides is 1. The fraction of sp³-hybridized carbons (Fsp3) is 0. The first kappa shape index (κ1) is 18.9. The molecule has 3 N–H and O–H groups in total. The summed E-state index contributed by atoms with van der Waals surface area (Å²) >= 11 is 3.26. The van der Waals surface area contributed by atoms with Crippen LogP contribution in [-0.2, 0) is 10.0 Å². The van der Waals surface area contributed by atoms with Gasteiger partial charge < -0.3 is 10.4 Å². The minimum absolute atomic E-state index is 0.0575. The molecule has 3 aromatic rings. The van der Waals surface area contributed by atoms with Crippen LogP contribution >= 0.6 is 15.9 Å². The van der Waals surface area contributed by atoms with Crippen LogP contribution in [0, 0.1) is 0 Å². The van der Waals surface area contributed by atoms with E-state index in [0.717, 1.165) is 4.47 Å². The number of aromatic hydroxyl groups is 1. The lowest BCUT2D eigenvalue weighted by molar-refractivity contribution is 0.102. The fourth-order valence-electron chi connectivity index (χ4n) is 2.33. The van der Waals surface area contributed by atoms with Gasteiger partial charge in [0.15, 0.2) is 0 Å². The number of carbonyl (C=O) groups excluding carboxylic acids is 1. The van der Waals surface area contributed by atoms with Crippen molar-refractivity contribution in [1.82, 2.24) is 0 Å². The van der Waals surface area contributed by atoms with Crippen molar-refractivity contribution in [2.24, 2.45) is 0 Å². The molecule has 0 saturated carbocycles. The number of phenolic OH excluding ortho intramolecular Hbond substituents is 1. The molecule has 8 heteroatoms. The smallest absolute Gasteiger partial charge is 0.261 e. The molecule has 0 unspecified atom stereocenters. The van der Waals surface area contributed by atoms with Crippen molar-refractivity contribution in [2.75, 3.05) is 10.0 Å². The summed E-state index contributed by atoms with van der Waals surface area (Å²) in [5, 5.41) is 12.3. The molecule has 27 heavy (non-hydrogen) atoms. The third-order valence-corrected chi connectivity index (χ3v) is 5.58. The maximum Gasteiger partial charge on any atom is 0.261 e. The molecule has 0 heterocycles. The van der Waals surface area contributed by atoms with Crippen LogP contribution in [0.15, 0.2) is 82.2 Å². The standard InChI is InChI=1S/C19H15BrN2O4S/c20-14-8-10-16(11-9-14)27(25,26)22-15-5-3-4-13(12-15)19(24)21-17-6-1-2-7-18(17)23/h1-12,22-23H,(H,21,24). The predicted octanol–water partition coefficient (Wildman–Crippen LogP) is 4.21. The molecule has 0 radical (unpaired) electrons. The van der Waals surface area contributed by atoms with Crippen molar-refractivity contribution in [3.63, 3.8) is 0 Å². The monoisotopic (exact) mass is 446 g/mol. The van der Waals surface area contributed by atoms with Crippen molar-refractivity contribution in [3.8, 4) is 5.75 Å². The van der Waals surface area contributed by atoms with Crippen LogP contribution in [0.25, 0.3) is 0 Å². The highest BCUT2D eigenvalue weighted by Gasteiger charge is 2.15. The number of carbonyl (C=O) groups is 1. The molecule has 0 atom stereocenters. The van der Waals surface area contributed by atoms with Crippen LogP contribution < -0.4 is 10.0 Å². The first-order chi connectivity index (χ1) is 12.8. The lowest BCUT2D eigenvalue weighted by atomic mass is 10.2. The number of phenols is 1. The molecular formula is C19H15BrN2O4S. The van der Waals surface area contributed by atoms with Crippen LogP contribution in [-0.4, -0.2) is 19.4 Å². The van der Waals surface area contributed by atoms with Gasteiger partial charge >= 0.3 is 0 Å². The molecule has 0 saturated heterocycles. The molecule has 138 valence electrons. The highest BCUT2D eigenvalue weighted by Crippen LogP contribution is 2.23. The molecule has 3 aromatic carbocycles. The lowest BCUT2D eigenvalue weighted by Gasteiger charge is -2.10. The summed E-state index contributed by atoms with van der Waals surface area (Å²) in [4.78, 5) is 12.5. The van der Waals surface area contributed by atoms with Crippen molar-refractivity contribution in [2.45, 2.75) is 4.90 Å². The van der Waals surface area contributed by atoms with E-state index >= 15 is 0 Å². The first-order valence-electron chi connectivity index (χ1n) is 7.83. The summed E-state index contributed by atoms with van der Waals surface area (Å²) in [5.74, 6) is -0.529.